The largest absolute Gasteiger partial charge is 0.457 e. The number of para-hydroxylation sites is 1. The highest BCUT2D eigenvalue weighted by Gasteiger charge is 2.21. The summed E-state index contributed by atoms with van der Waals surface area (Å²) in [6.07, 6.45) is 5.78. The Kier molecular flexibility index (Phi) is 6.26. The van der Waals surface area contributed by atoms with Gasteiger partial charge in [0.2, 0.25) is 0 Å². The summed E-state index contributed by atoms with van der Waals surface area (Å²) in [6, 6.07) is 19.8. The monoisotopic (exact) mass is 414 g/mol. The quantitative estimate of drug-likeness (QED) is 0.359. The van der Waals surface area contributed by atoms with Crippen molar-refractivity contribution >= 4 is 17.6 Å². The lowest BCUT2D eigenvalue weighted by Gasteiger charge is -2.14. The number of nitrogen functional groups attached to an aromatic ring is 1. The van der Waals surface area contributed by atoms with E-state index in [-0.39, 0.29) is 5.92 Å². The summed E-state index contributed by atoms with van der Waals surface area (Å²) in [4.78, 5) is 15.2. The summed E-state index contributed by atoms with van der Waals surface area (Å²) in [7, 11) is 0. The number of aldehydes is 1. The Morgan fingerprint density at radius 1 is 1.06 bits per heavy atom. The molecule has 2 N–H and O–H groups in total. The molecule has 4 aromatic rings. The molecule has 0 aliphatic rings. The van der Waals surface area contributed by atoms with Crippen LogP contribution in [0.5, 0.6) is 11.5 Å². The van der Waals surface area contributed by atoms with Crippen molar-refractivity contribution in [3.05, 3.63) is 72.7 Å². The van der Waals surface area contributed by atoms with Crippen molar-refractivity contribution in [3.8, 4) is 22.6 Å². The minimum Gasteiger partial charge on any atom is -0.457 e. The summed E-state index contributed by atoms with van der Waals surface area (Å²) in [6.45, 7) is 2.15. The van der Waals surface area contributed by atoms with Gasteiger partial charge in [0.1, 0.15) is 29.6 Å². The molecule has 2 aromatic carbocycles. The van der Waals surface area contributed by atoms with E-state index in [4.69, 9.17) is 10.5 Å². The molecule has 0 spiro atoms. The van der Waals surface area contributed by atoms with Crippen LogP contribution < -0.4 is 10.5 Å². The summed E-state index contributed by atoms with van der Waals surface area (Å²) >= 11 is 0. The molecule has 31 heavy (non-hydrogen) atoms. The van der Waals surface area contributed by atoms with Gasteiger partial charge in [-0.3, -0.25) is 0 Å². The lowest BCUT2D eigenvalue weighted by atomic mass is 9.94. The molecular weight excluding hydrogens is 388 g/mol. The number of anilines is 1. The van der Waals surface area contributed by atoms with Crippen LogP contribution in [0.1, 0.15) is 44.2 Å². The molecule has 4 rings (SSSR count). The van der Waals surface area contributed by atoms with Gasteiger partial charge in [-0.1, -0.05) is 43.7 Å². The fraction of sp³-hybridized carbons (Fsp3) is 0.240. The van der Waals surface area contributed by atoms with Gasteiger partial charge >= 0.3 is 0 Å². The second kappa shape index (κ2) is 9.43. The van der Waals surface area contributed by atoms with Gasteiger partial charge in [-0.25, -0.2) is 9.50 Å². The molecule has 0 aliphatic carbocycles. The molecule has 2 aromatic heterocycles. The van der Waals surface area contributed by atoms with E-state index in [1.165, 1.54) is 6.33 Å². The van der Waals surface area contributed by atoms with Gasteiger partial charge < -0.3 is 15.3 Å². The lowest BCUT2D eigenvalue weighted by Crippen LogP contribution is -2.07. The van der Waals surface area contributed by atoms with Gasteiger partial charge in [-0.15, -0.1) is 0 Å². The van der Waals surface area contributed by atoms with E-state index in [1.807, 2.05) is 59.1 Å². The summed E-state index contributed by atoms with van der Waals surface area (Å²) in [5, 5.41) is 4.49. The van der Waals surface area contributed by atoms with Crippen molar-refractivity contribution in [1.82, 2.24) is 14.6 Å². The van der Waals surface area contributed by atoms with E-state index in [9.17, 15) is 4.79 Å². The molecule has 0 fully saturated rings. The standard InChI is InChI=1S/C25H26N4O2/c1-2-7-19(8-6-15-30)23-16-22(24-25(26)27-17-28-29(23)24)18-11-13-21(14-12-18)31-20-9-4-3-5-10-20/h3-5,9-17,19H,2,6-8H2,1H3,(H2,26,27,28). The van der Waals surface area contributed by atoms with Crippen molar-refractivity contribution in [3.63, 3.8) is 0 Å². The van der Waals surface area contributed by atoms with E-state index in [2.05, 4.69) is 23.1 Å². The maximum absolute atomic E-state index is 11.0. The molecule has 0 bridgehead atoms. The summed E-state index contributed by atoms with van der Waals surface area (Å²) < 4.78 is 7.80. The van der Waals surface area contributed by atoms with E-state index >= 15 is 0 Å². The molecule has 2 heterocycles. The van der Waals surface area contributed by atoms with Crippen molar-refractivity contribution < 1.29 is 9.53 Å². The average Bonchev–Trinajstić information content (AvgIpc) is 3.19. The number of aromatic nitrogens is 3. The van der Waals surface area contributed by atoms with Crippen molar-refractivity contribution in [1.29, 1.82) is 0 Å². The zero-order valence-corrected chi connectivity index (χ0v) is 17.6. The molecular formula is C25H26N4O2. The Bertz CT molecular complexity index is 1150. The third-order valence-corrected chi connectivity index (χ3v) is 5.44. The normalized spacial score (nSPS) is 12.0. The maximum Gasteiger partial charge on any atom is 0.151 e. The molecule has 6 heteroatoms. The number of fused-ring (bicyclic) bond motifs is 1. The fourth-order valence-corrected chi connectivity index (χ4v) is 3.99. The van der Waals surface area contributed by atoms with Gasteiger partial charge in [0, 0.05) is 23.6 Å². The number of ether oxygens (including phenoxy) is 1. The van der Waals surface area contributed by atoms with Crippen LogP contribution in [0.15, 0.2) is 67.0 Å². The Morgan fingerprint density at radius 3 is 2.52 bits per heavy atom. The van der Waals surface area contributed by atoms with Gasteiger partial charge in [0.25, 0.3) is 0 Å². The molecule has 0 amide bonds. The smallest absolute Gasteiger partial charge is 0.151 e. The molecule has 0 radical (unpaired) electrons. The minimum atomic E-state index is 0.228. The van der Waals surface area contributed by atoms with E-state index in [0.717, 1.165) is 59.4 Å². The maximum atomic E-state index is 11.0. The van der Waals surface area contributed by atoms with Crippen LogP contribution in [0.4, 0.5) is 5.82 Å². The number of carbonyl (C=O) groups excluding carboxylic acids is 1. The van der Waals surface area contributed by atoms with Crippen molar-refractivity contribution in [2.45, 2.75) is 38.5 Å². The Labute approximate surface area is 181 Å². The number of rotatable bonds is 9. The second-order valence-electron chi connectivity index (χ2n) is 7.56. The Morgan fingerprint density at radius 2 is 1.81 bits per heavy atom. The molecule has 1 unspecified atom stereocenters. The Hall–Kier alpha value is -3.67. The van der Waals surface area contributed by atoms with E-state index in [1.54, 1.807) is 0 Å². The third kappa shape index (κ3) is 4.43. The second-order valence-corrected chi connectivity index (χ2v) is 7.56. The third-order valence-electron chi connectivity index (χ3n) is 5.44. The zero-order valence-electron chi connectivity index (χ0n) is 17.6. The number of nitrogens with zero attached hydrogens (tertiary/aromatic N) is 3. The highest BCUT2D eigenvalue weighted by atomic mass is 16.5. The van der Waals surface area contributed by atoms with Gasteiger partial charge in [0.15, 0.2) is 5.82 Å². The first-order chi connectivity index (χ1) is 15.2. The Balaban J connectivity index is 1.72. The van der Waals surface area contributed by atoms with Crippen LogP contribution in [0, 0.1) is 0 Å². The molecule has 0 saturated heterocycles. The van der Waals surface area contributed by atoms with Gasteiger partial charge in [0.05, 0.1) is 0 Å². The minimum absolute atomic E-state index is 0.228. The van der Waals surface area contributed by atoms with Crippen LogP contribution in [-0.4, -0.2) is 20.9 Å². The van der Waals surface area contributed by atoms with E-state index in [0.29, 0.717) is 12.2 Å². The van der Waals surface area contributed by atoms with E-state index < -0.39 is 0 Å². The highest BCUT2D eigenvalue weighted by molar-refractivity contribution is 5.88. The molecule has 158 valence electrons. The van der Waals surface area contributed by atoms with Crippen LogP contribution in [-0.2, 0) is 4.79 Å². The number of hydrogen-bond donors (Lipinski definition) is 1. The SMILES string of the molecule is CCCC(CCC=O)c1cc(-c2ccc(Oc3ccccc3)cc2)c2c(N)ncnn12. The number of carbonyl (C=O) groups is 1. The zero-order chi connectivity index (χ0) is 21.6. The van der Waals surface area contributed by atoms with Crippen LogP contribution in [0.3, 0.4) is 0 Å². The number of hydrogen-bond acceptors (Lipinski definition) is 5. The van der Waals surface area contributed by atoms with Gasteiger partial charge in [-0.2, -0.15) is 5.10 Å². The lowest BCUT2D eigenvalue weighted by molar-refractivity contribution is -0.108. The molecule has 1 atom stereocenters. The average molecular weight is 415 g/mol. The van der Waals surface area contributed by atoms with Crippen LogP contribution in [0.25, 0.3) is 16.6 Å². The van der Waals surface area contributed by atoms with Crippen LogP contribution in [0.2, 0.25) is 0 Å². The summed E-state index contributed by atoms with van der Waals surface area (Å²) in [5.41, 5.74) is 10.1. The number of nitrogens with two attached hydrogens (primary N) is 1. The van der Waals surface area contributed by atoms with Crippen molar-refractivity contribution in [2.75, 3.05) is 5.73 Å². The van der Waals surface area contributed by atoms with Crippen LogP contribution >= 0.6 is 0 Å². The molecule has 6 nitrogen and oxygen atoms in total. The van der Waals surface area contributed by atoms with Crippen molar-refractivity contribution in [2.24, 2.45) is 0 Å². The topological polar surface area (TPSA) is 82.5 Å². The first-order valence-electron chi connectivity index (χ1n) is 10.6. The molecule has 0 saturated carbocycles. The predicted octanol–water partition coefficient (Wildman–Crippen LogP) is 5.63. The first-order valence-corrected chi connectivity index (χ1v) is 10.6. The summed E-state index contributed by atoms with van der Waals surface area (Å²) in [5.74, 6) is 2.22. The van der Waals surface area contributed by atoms with Gasteiger partial charge in [-0.05, 0) is 48.7 Å². The predicted molar refractivity (Wildman–Crippen MR) is 122 cm³/mol. The number of benzene rings is 2. The first kappa shape index (κ1) is 20.6. The molecule has 0 aliphatic heterocycles. The fourth-order valence-electron chi connectivity index (χ4n) is 3.99. The highest BCUT2D eigenvalue weighted by Crippen LogP contribution is 2.36.